The maximum absolute atomic E-state index is 6.34. The van der Waals surface area contributed by atoms with E-state index in [0.29, 0.717) is 59.5 Å². The van der Waals surface area contributed by atoms with Crippen LogP contribution in [0.3, 0.4) is 0 Å². The summed E-state index contributed by atoms with van der Waals surface area (Å²) in [6.07, 6.45) is 0. The zero-order valence-corrected chi connectivity index (χ0v) is 18.9. The van der Waals surface area contributed by atoms with Crippen molar-refractivity contribution in [3.05, 3.63) is 42.5 Å². The van der Waals surface area contributed by atoms with E-state index in [4.69, 9.17) is 27.5 Å². The molecule has 0 aliphatic rings. The van der Waals surface area contributed by atoms with Gasteiger partial charge in [-0.05, 0) is 31.5 Å². The first-order chi connectivity index (χ1) is 14.3. The van der Waals surface area contributed by atoms with Crippen molar-refractivity contribution in [3.63, 3.8) is 0 Å². The maximum Gasteiger partial charge on any atom is 0.538 e. The van der Waals surface area contributed by atoms with Crippen LogP contribution in [0.5, 0.6) is 0 Å². The Morgan fingerprint density at radius 3 is 1.59 bits per heavy atom. The van der Waals surface area contributed by atoms with Gasteiger partial charge >= 0.3 is 8.80 Å². The predicted molar refractivity (Wildman–Crippen MR) is 117 cm³/mol. The van der Waals surface area contributed by atoms with Gasteiger partial charge in [0.1, 0.15) is 0 Å². The smallest absolute Gasteiger partial charge is 0.379 e. The van der Waals surface area contributed by atoms with Crippen molar-refractivity contribution in [3.8, 4) is 0 Å². The van der Waals surface area contributed by atoms with Crippen LogP contribution in [0.4, 0.5) is 0 Å². The molecule has 0 saturated carbocycles. The number of ether oxygens (including phenoxy) is 3. The highest BCUT2D eigenvalue weighted by Gasteiger charge is 2.45. The van der Waals surface area contributed by atoms with Crippen LogP contribution < -0.4 is 5.19 Å². The molecule has 2 rings (SSSR count). The van der Waals surface area contributed by atoms with E-state index in [0.717, 1.165) is 16.0 Å². The Labute approximate surface area is 175 Å². The molecule has 0 fully saturated rings. The van der Waals surface area contributed by atoms with E-state index in [1.54, 1.807) is 0 Å². The first kappa shape index (κ1) is 24.0. The molecule has 162 valence electrons. The third-order valence-corrected chi connectivity index (χ3v) is 7.14. The summed E-state index contributed by atoms with van der Waals surface area (Å²) in [5, 5.41) is 3.16. The molecule has 2 aromatic rings. The average molecular weight is 423 g/mol. The highest BCUT2D eigenvalue weighted by Crippen LogP contribution is 2.19. The molecule has 0 saturated heterocycles. The zero-order chi connectivity index (χ0) is 20.8. The van der Waals surface area contributed by atoms with Crippen LogP contribution in [0.1, 0.15) is 20.8 Å². The zero-order valence-electron chi connectivity index (χ0n) is 17.9. The highest BCUT2D eigenvalue weighted by atomic mass is 28.4. The van der Waals surface area contributed by atoms with Crippen molar-refractivity contribution in [2.75, 3.05) is 59.5 Å². The van der Waals surface area contributed by atoms with Gasteiger partial charge in [0.25, 0.3) is 0 Å². The monoisotopic (exact) mass is 422 g/mol. The van der Waals surface area contributed by atoms with Gasteiger partial charge in [0.05, 0.1) is 39.6 Å². The van der Waals surface area contributed by atoms with E-state index in [1.807, 2.05) is 45.0 Å². The number of rotatable bonds is 16. The van der Waals surface area contributed by atoms with E-state index in [1.165, 1.54) is 0 Å². The molecule has 0 aliphatic heterocycles. The summed E-state index contributed by atoms with van der Waals surface area (Å²) in [4.78, 5) is 0. The van der Waals surface area contributed by atoms with Crippen molar-refractivity contribution < 1.29 is 27.5 Å². The lowest BCUT2D eigenvalue weighted by atomic mass is 10.1. The third-order valence-electron chi connectivity index (χ3n) is 4.29. The highest BCUT2D eigenvalue weighted by molar-refractivity contribution is 6.77. The minimum absolute atomic E-state index is 0.395. The van der Waals surface area contributed by atoms with Gasteiger partial charge in [0.2, 0.25) is 0 Å². The first-order valence-electron chi connectivity index (χ1n) is 10.4. The van der Waals surface area contributed by atoms with E-state index >= 15 is 0 Å². The molecule has 29 heavy (non-hydrogen) atoms. The van der Waals surface area contributed by atoms with Crippen molar-refractivity contribution in [2.24, 2.45) is 0 Å². The number of fused-ring (bicyclic) bond motifs is 1. The molecule has 2 aromatic carbocycles. The van der Waals surface area contributed by atoms with Crippen LogP contribution in [-0.2, 0) is 27.5 Å². The van der Waals surface area contributed by atoms with Crippen molar-refractivity contribution in [1.29, 1.82) is 0 Å². The van der Waals surface area contributed by atoms with E-state index < -0.39 is 8.80 Å². The van der Waals surface area contributed by atoms with Gasteiger partial charge in [-0.1, -0.05) is 42.5 Å². The quantitative estimate of drug-likeness (QED) is 0.306. The van der Waals surface area contributed by atoms with Gasteiger partial charge in [0.15, 0.2) is 0 Å². The predicted octanol–water partition coefficient (Wildman–Crippen LogP) is 3.15. The van der Waals surface area contributed by atoms with Gasteiger partial charge in [0, 0.05) is 25.0 Å². The van der Waals surface area contributed by atoms with E-state index in [9.17, 15) is 0 Å². The van der Waals surface area contributed by atoms with Gasteiger partial charge in [-0.15, -0.1) is 0 Å². The number of hydrogen-bond donors (Lipinski definition) is 0. The summed E-state index contributed by atoms with van der Waals surface area (Å²) in [5.74, 6) is 0. The molecule has 0 amide bonds. The van der Waals surface area contributed by atoms with Gasteiger partial charge in [-0.25, -0.2) is 0 Å². The summed E-state index contributed by atoms with van der Waals surface area (Å²) >= 11 is 0. The van der Waals surface area contributed by atoms with Crippen molar-refractivity contribution >= 4 is 24.8 Å². The lowest BCUT2D eigenvalue weighted by molar-refractivity contribution is 0.0122. The first-order valence-corrected chi connectivity index (χ1v) is 12.1. The Bertz CT molecular complexity index is 659. The molecule has 0 heterocycles. The molecule has 0 spiro atoms. The van der Waals surface area contributed by atoms with Gasteiger partial charge < -0.3 is 27.5 Å². The van der Waals surface area contributed by atoms with Crippen LogP contribution in [0.2, 0.25) is 0 Å². The van der Waals surface area contributed by atoms with Gasteiger partial charge in [-0.2, -0.15) is 0 Å². The van der Waals surface area contributed by atoms with Crippen molar-refractivity contribution in [2.45, 2.75) is 20.8 Å². The molecule has 0 N–H and O–H groups in total. The van der Waals surface area contributed by atoms with E-state index in [2.05, 4.69) is 18.2 Å². The van der Waals surface area contributed by atoms with Crippen LogP contribution >= 0.6 is 0 Å². The Morgan fingerprint density at radius 2 is 1.07 bits per heavy atom. The molecule has 0 bridgehead atoms. The second-order valence-corrected chi connectivity index (χ2v) is 8.74. The molecule has 7 heteroatoms. The molecule has 0 radical (unpaired) electrons. The van der Waals surface area contributed by atoms with Crippen LogP contribution in [-0.4, -0.2) is 68.3 Å². The molecular formula is C22H34O6Si. The SMILES string of the molecule is CCOCCO[Si](OCCOCC)(OCCOCC)c1cccc2ccccc12. The fourth-order valence-electron chi connectivity index (χ4n) is 2.99. The average Bonchev–Trinajstić information content (AvgIpc) is 2.76. The Morgan fingerprint density at radius 1 is 0.586 bits per heavy atom. The summed E-state index contributed by atoms with van der Waals surface area (Å²) in [5.41, 5.74) is 0. The maximum atomic E-state index is 6.34. The molecule has 0 aromatic heterocycles. The minimum Gasteiger partial charge on any atom is -0.379 e. The van der Waals surface area contributed by atoms with Crippen LogP contribution in [0.25, 0.3) is 10.8 Å². The molecule has 6 nitrogen and oxygen atoms in total. The lowest BCUT2D eigenvalue weighted by Crippen LogP contribution is -2.58. The minimum atomic E-state index is -3.23. The topological polar surface area (TPSA) is 55.4 Å². The fourth-order valence-corrected chi connectivity index (χ4v) is 5.62. The second kappa shape index (κ2) is 13.8. The van der Waals surface area contributed by atoms with Gasteiger partial charge in [-0.3, -0.25) is 0 Å². The standard InChI is InChI=1S/C22H34O6Si/c1-4-23-14-17-26-29(27-18-15-24-5-2,28-19-16-25-6-3)22-13-9-11-20-10-7-8-12-21(20)22/h7-13H,4-6,14-19H2,1-3H3. The summed E-state index contributed by atoms with van der Waals surface area (Å²) in [6, 6.07) is 14.3. The Balaban J connectivity index is 2.34. The number of benzene rings is 2. The van der Waals surface area contributed by atoms with E-state index in [-0.39, 0.29) is 0 Å². The van der Waals surface area contributed by atoms with Crippen LogP contribution in [0.15, 0.2) is 42.5 Å². The molecular weight excluding hydrogens is 388 g/mol. The third kappa shape index (κ3) is 7.46. The Hall–Kier alpha value is -1.32. The molecule has 0 unspecified atom stereocenters. The largest absolute Gasteiger partial charge is 0.538 e. The summed E-state index contributed by atoms with van der Waals surface area (Å²) in [7, 11) is -3.23. The summed E-state index contributed by atoms with van der Waals surface area (Å²) < 4.78 is 35.5. The normalized spacial score (nSPS) is 12.0. The summed E-state index contributed by atoms with van der Waals surface area (Å²) in [6.45, 7) is 10.5. The number of hydrogen-bond acceptors (Lipinski definition) is 6. The fraction of sp³-hybridized carbons (Fsp3) is 0.545. The van der Waals surface area contributed by atoms with Crippen molar-refractivity contribution in [1.82, 2.24) is 0 Å². The second-order valence-electron chi connectivity index (χ2n) is 6.22. The Kier molecular flexibility index (Phi) is 11.4. The molecule has 0 atom stereocenters. The molecule has 0 aliphatic carbocycles. The van der Waals surface area contributed by atoms with Crippen LogP contribution in [0, 0.1) is 0 Å². The lowest BCUT2D eigenvalue weighted by Gasteiger charge is -2.31.